The Morgan fingerprint density at radius 2 is 2.00 bits per heavy atom. The lowest BCUT2D eigenvalue weighted by atomic mass is 9.91. The minimum atomic E-state index is -0.440. The van der Waals surface area contributed by atoms with Crippen molar-refractivity contribution in [2.45, 2.75) is 20.8 Å². The number of carbonyl (C=O) groups is 1. The standard InChI is InChI=1S/C12H14BrFO2/c1-12(2,3)11(15)7-16-10-5-8(13)4-9(14)6-10/h4-6H,7H2,1-3H3. The summed E-state index contributed by atoms with van der Waals surface area (Å²) in [7, 11) is 0. The average Bonchev–Trinajstić information content (AvgIpc) is 2.11. The molecule has 1 aromatic carbocycles. The normalized spacial score (nSPS) is 11.3. The van der Waals surface area contributed by atoms with Crippen LogP contribution >= 0.6 is 15.9 Å². The van der Waals surface area contributed by atoms with Gasteiger partial charge in [0.2, 0.25) is 0 Å². The lowest BCUT2D eigenvalue weighted by Crippen LogP contribution is -2.26. The Labute approximate surface area is 103 Å². The van der Waals surface area contributed by atoms with E-state index < -0.39 is 11.2 Å². The van der Waals surface area contributed by atoms with Gasteiger partial charge < -0.3 is 4.74 Å². The van der Waals surface area contributed by atoms with Crippen molar-refractivity contribution in [3.63, 3.8) is 0 Å². The molecule has 0 unspecified atom stereocenters. The third kappa shape index (κ3) is 3.93. The predicted molar refractivity (Wildman–Crippen MR) is 64.1 cm³/mol. The number of ether oxygens (including phenoxy) is 1. The molecule has 1 aromatic rings. The molecular formula is C12H14BrFO2. The van der Waals surface area contributed by atoms with Gasteiger partial charge in [-0.15, -0.1) is 0 Å². The average molecular weight is 289 g/mol. The Hall–Kier alpha value is -0.900. The Bertz CT molecular complexity index is 376. The van der Waals surface area contributed by atoms with Crippen LogP contribution in [0.3, 0.4) is 0 Å². The number of halogens is 2. The molecule has 0 saturated carbocycles. The van der Waals surface area contributed by atoms with Crippen LogP contribution in [0, 0.1) is 11.2 Å². The topological polar surface area (TPSA) is 26.3 Å². The van der Waals surface area contributed by atoms with Gasteiger partial charge in [0.25, 0.3) is 0 Å². The van der Waals surface area contributed by atoms with E-state index in [0.29, 0.717) is 10.2 Å². The quantitative estimate of drug-likeness (QED) is 0.850. The van der Waals surface area contributed by atoms with Crippen molar-refractivity contribution in [1.82, 2.24) is 0 Å². The smallest absolute Gasteiger partial charge is 0.175 e. The zero-order valence-electron chi connectivity index (χ0n) is 9.51. The van der Waals surface area contributed by atoms with Gasteiger partial charge in [0.05, 0.1) is 0 Å². The molecule has 4 heteroatoms. The monoisotopic (exact) mass is 288 g/mol. The van der Waals surface area contributed by atoms with Crippen LogP contribution < -0.4 is 4.74 Å². The molecule has 0 heterocycles. The minimum Gasteiger partial charge on any atom is -0.486 e. The molecule has 0 spiro atoms. The van der Waals surface area contributed by atoms with Gasteiger partial charge in [0.1, 0.15) is 18.2 Å². The highest BCUT2D eigenvalue weighted by Gasteiger charge is 2.21. The van der Waals surface area contributed by atoms with E-state index in [1.807, 2.05) is 20.8 Å². The second kappa shape index (κ2) is 4.95. The number of rotatable bonds is 3. The summed E-state index contributed by atoms with van der Waals surface area (Å²) in [6.45, 7) is 5.42. The molecule has 0 bridgehead atoms. The van der Waals surface area contributed by atoms with Crippen molar-refractivity contribution in [3.8, 4) is 5.75 Å². The molecule has 0 aromatic heterocycles. The van der Waals surface area contributed by atoms with Crippen LogP contribution in [0.15, 0.2) is 22.7 Å². The van der Waals surface area contributed by atoms with Crippen LogP contribution in [0.2, 0.25) is 0 Å². The van der Waals surface area contributed by atoms with E-state index in [-0.39, 0.29) is 12.4 Å². The zero-order chi connectivity index (χ0) is 12.3. The Morgan fingerprint density at radius 1 is 1.38 bits per heavy atom. The maximum atomic E-state index is 13.0. The molecule has 0 aliphatic heterocycles. The van der Waals surface area contributed by atoms with Crippen LogP contribution in [-0.4, -0.2) is 12.4 Å². The first-order valence-electron chi connectivity index (χ1n) is 4.91. The van der Waals surface area contributed by atoms with Crippen LogP contribution in [-0.2, 0) is 4.79 Å². The van der Waals surface area contributed by atoms with Gasteiger partial charge in [0.15, 0.2) is 5.78 Å². The zero-order valence-corrected chi connectivity index (χ0v) is 11.1. The van der Waals surface area contributed by atoms with Crippen molar-refractivity contribution >= 4 is 21.7 Å². The van der Waals surface area contributed by atoms with Gasteiger partial charge in [-0.25, -0.2) is 4.39 Å². The van der Waals surface area contributed by atoms with Gasteiger partial charge in [-0.2, -0.15) is 0 Å². The highest BCUT2D eigenvalue weighted by atomic mass is 79.9. The first-order valence-corrected chi connectivity index (χ1v) is 5.70. The fourth-order valence-corrected chi connectivity index (χ4v) is 1.42. The van der Waals surface area contributed by atoms with Gasteiger partial charge in [-0.05, 0) is 12.1 Å². The van der Waals surface area contributed by atoms with E-state index in [1.54, 1.807) is 6.07 Å². The van der Waals surface area contributed by atoms with E-state index in [2.05, 4.69) is 15.9 Å². The van der Waals surface area contributed by atoms with E-state index in [0.717, 1.165) is 0 Å². The highest BCUT2D eigenvalue weighted by Crippen LogP contribution is 2.21. The molecule has 0 aliphatic carbocycles. The molecule has 0 aliphatic rings. The number of Topliss-reactive ketones (excluding diaryl/α,β-unsaturated/α-hetero) is 1. The molecule has 0 N–H and O–H groups in total. The Morgan fingerprint density at radius 3 is 2.50 bits per heavy atom. The van der Waals surface area contributed by atoms with Crippen molar-refractivity contribution in [3.05, 3.63) is 28.5 Å². The molecule has 1 rings (SSSR count). The maximum absolute atomic E-state index is 13.0. The van der Waals surface area contributed by atoms with Gasteiger partial charge in [0, 0.05) is 16.0 Å². The number of benzene rings is 1. The van der Waals surface area contributed by atoms with E-state index in [9.17, 15) is 9.18 Å². The van der Waals surface area contributed by atoms with Gasteiger partial charge >= 0.3 is 0 Å². The number of ketones is 1. The summed E-state index contributed by atoms with van der Waals surface area (Å²) in [6, 6.07) is 4.21. The number of hydrogen-bond donors (Lipinski definition) is 0. The van der Waals surface area contributed by atoms with Crippen molar-refractivity contribution < 1.29 is 13.9 Å². The molecule has 16 heavy (non-hydrogen) atoms. The first-order chi connectivity index (χ1) is 7.29. The fraction of sp³-hybridized carbons (Fsp3) is 0.417. The predicted octanol–water partition coefficient (Wildman–Crippen LogP) is 3.58. The second-order valence-electron chi connectivity index (χ2n) is 4.57. The van der Waals surface area contributed by atoms with Crippen molar-refractivity contribution in [2.24, 2.45) is 5.41 Å². The van der Waals surface area contributed by atoms with Gasteiger partial charge in [-0.1, -0.05) is 36.7 Å². The summed E-state index contributed by atoms with van der Waals surface area (Å²) in [6.07, 6.45) is 0. The summed E-state index contributed by atoms with van der Waals surface area (Å²) >= 11 is 3.15. The fourth-order valence-electron chi connectivity index (χ4n) is 0.977. The SMILES string of the molecule is CC(C)(C)C(=O)COc1cc(F)cc(Br)c1. The summed E-state index contributed by atoms with van der Waals surface area (Å²) in [4.78, 5) is 11.6. The van der Waals surface area contributed by atoms with Gasteiger partial charge in [-0.3, -0.25) is 4.79 Å². The maximum Gasteiger partial charge on any atom is 0.175 e. The van der Waals surface area contributed by atoms with E-state index in [1.165, 1.54) is 12.1 Å². The van der Waals surface area contributed by atoms with Crippen LogP contribution in [0.1, 0.15) is 20.8 Å². The molecule has 2 nitrogen and oxygen atoms in total. The molecule has 0 saturated heterocycles. The van der Waals surface area contributed by atoms with E-state index in [4.69, 9.17) is 4.74 Å². The summed E-state index contributed by atoms with van der Waals surface area (Å²) in [5.74, 6) is -0.0649. The van der Waals surface area contributed by atoms with Crippen LogP contribution in [0.25, 0.3) is 0 Å². The lowest BCUT2D eigenvalue weighted by molar-refractivity contribution is -0.128. The van der Waals surface area contributed by atoms with Crippen molar-refractivity contribution in [1.29, 1.82) is 0 Å². The van der Waals surface area contributed by atoms with Crippen molar-refractivity contribution in [2.75, 3.05) is 6.61 Å². The summed E-state index contributed by atoms with van der Waals surface area (Å²) in [5.41, 5.74) is -0.440. The third-order valence-corrected chi connectivity index (χ3v) is 2.50. The highest BCUT2D eigenvalue weighted by molar-refractivity contribution is 9.10. The third-order valence-electron chi connectivity index (χ3n) is 2.04. The molecule has 0 amide bonds. The Balaban J connectivity index is 2.65. The lowest BCUT2D eigenvalue weighted by Gasteiger charge is -2.16. The minimum absolute atomic E-state index is 0.0205. The molecule has 88 valence electrons. The summed E-state index contributed by atoms with van der Waals surface area (Å²) in [5, 5.41) is 0. The summed E-state index contributed by atoms with van der Waals surface area (Å²) < 4.78 is 18.8. The molecule has 0 radical (unpaired) electrons. The van der Waals surface area contributed by atoms with Crippen LogP contribution in [0.5, 0.6) is 5.75 Å². The molecular weight excluding hydrogens is 275 g/mol. The second-order valence-corrected chi connectivity index (χ2v) is 5.48. The van der Waals surface area contributed by atoms with Crippen LogP contribution in [0.4, 0.5) is 4.39 Å². The molecule has 0 atom stereocenters. The first kappa shape index (κ1) is 13.2. The number of hydrogen-bond acceptors (Lipinski definition) is 2. The Kier molecular flexibility index (Phi) is 4.08. The number of carbonyl (C=O) groups excluding carboxylic acids is 1. The molecule has 0 fully saturated rings. The largest absolute Gasteiger partial charge is 0.486 e. The van der Waals surface area contributed by atoms with E-state index >= 15 is 0 Å².